The first kappa shape index (κ1) is 18.5. The fourth-order valence-corrected chi connectivity index (χ4v) is 6.47. The number of piperidine rings is 1. The van der Waals surface area contributed by atoms with Crippen LogP contribution < -0.4 is 5.32 Å². The summed E-state index contributed by atoms with van der Waals surface area (Å²) in [5, 5.41) is 2.79. The van der Waals surface area contributed by atoms with Gasteiger partial charge in [0.2, 0.25) is 5.91 Å². The Kier molecular flexibility index (Phi) is 5.57. The number of carbonyl (C=O) groups excluding carboxylic acids is 1. The molecule has 1 aliphatic heterocycles. The lowest BCUT2D eigenvalue weighted by atomic mass is 9.99. The normalized spacial score (nSPS) is 18.9. The summed E-state index contributed by atoms with van der Waals surface area (Å²) in [6.45, 7) is 2.48. The molecule has 2 aromatic rings. The molecular formula is C16H18BrN3O3S2. The maximum Gasteiger partial charge on any atom is 0.252 e. The third-order valence-electron chi connectivity index (χ3n) is 4.04. The fraction of sp³-hybridized carbons (Fsp3) is 0.375. The zero-order valence-corrected chi connectivity index (χ0v) is 16.8. The first-order valence-electron chi connectivity index (χ1n) is 7.86. The molecule has 6 nitrogen and oxygen atoms in total. The lowest BCUT2D eigenvalue weighted by Crippen LogP contribution is -2.43. The van der Waals surface area contributed by atoms with E-state index >= 15 is 0 Å². The minimum atomic E-state index is -3.56. The molecule has 3 rings (SSSR count). The Labute approximate surface area is 159 Å². The Morgan fingerprint density at radius 3 is 2.84 bits per heavy atom. The molecular weight excluding hydrogens is 426 g/mol. The molecule has 0 bridgehead atoms. The van der Waals surface area contributed by atoms with E-state index in [0.29, 0.717) is 29.4 Å². The van der Waals surface area contributed by atoms with Gasteiger partial charge in [-0.25, -0.2) is 13.4 Å². The highest BCUT2D eigenvalue weighted by atomic mass is 79.9. The van der Waals surface area contributed by atoms with Gasteiger partial charge in [0.15, 0.2) is 0 Å². The van der Waals surface area contributed by atoms with Crippen molar-refractivity contribution in [1.82, 2.24) is 9.29 Å². The molecule has 1 N–H and O–H groups in total. The van der Waals surface area contributed by atoms with Gasteiger partial charge in [-0.3, -0.25) is 4.79 Å². The molecule has 3 heterocycles. The van der Waals surface area contributed by atoms with Crippen molar-refractivity contribution in [1.29, 1.82) is 0 Å². The van der Waals surface area contributed by atoms with Crippen molar-refractivity contribution in [2.24, 2.45) is 5.92 Å². The number of hydrogen-bond acceptors (Lipinski definition) is 5. The Morgan fingerprint density at radius 1 is 1.36 bits per heavy atom. The summed E-state index contributed by atoms with van der Waals surface area (Å²) < 4.78 is 28.0. The quantitative estimate of drug-likeness (QED) is 0.785. The fourth-order valence-electron chi connectivity index (χ4n) is 2.78. The Bertz CT molecular complexity index is 882. The summed E-state index contributed by atoms with van der Waals surface area (Å²) in [5.74, 6) is -0.0771. The number of nitrogens with zero attached hydrogens (tertiary/aromatic N) is 2. The molecule has 9 heteroatoms. The van der Waals surface area contributed by atoms with Crippen molar-refractivity contribution in [2.75, 3.05) is 18.4 Å². The van der Waals surface area contributed by atoms with Crippen LogP contribution in [0.5, 0.6) is 0 Å². The van der Waals surface area contributed by atoms with E-state index in [-0.39, 0.29) is 18.4 Å². The van der Waals surface area contributed by atoms with E-state index in [9.17, 15) is 13.2 Å². The maximum absolute atomic E-state index is 12.7. The van der Waals surface area contributed by atoms with Crippen LogP contribution >= 0.6 is 27.3 Å². The average molecular weight is 444 g/mol. The lowest BCUT2D eigenvalue weighted by Gasteiger charge is -2.30. The molecule has 0 spiro atoms. The standard InChI is InChI=1S/C16H18BrN3O3S2/c1-11-4-2-6-14(18-11)19-16(21)12-5-3-9-20(10-12)25(22,23)15-8-7-13(17)24-15/h2,4,6-8,12H,3,5,9-10H2,1H3,(H,18,19,21). The van der Waals surface area contributed by atoms with Crippen molar-refractivity contribution in [3.63, 3.8) is 0 Å². The van der Waals surface area contributed by atoms with Gasteiger partial charge in [-0.05, 0) is 60.0 Å². The van der Waals surface area contributed by atoms with Gasteiger partial charge in [-0.1, -0.05) is 6.07 Å². The van der Waals surface area contributed by atoms with Gasteiger partial charge in [-0.15, -0.1) is 11.3 Å². The predicted molar refractivity (Wildman–Crippen MR) is 101 cm³/mol. The second-order valence-corrected chi connectivity index (χ2v) is 10.5. The van der Waals surface area contributed by atoms with Gasteiger partial charge < -0.3 is 5.32 Å². The highest BCUT2D eigenvalue weighted by molar-refractivity contribution is 9.11. The first-order chi connectivity index (χ1) is 11.9. The van der Waals surface area contributed by atoms with Crippen LogP contribution in [0.3, 0.4) is 0 Å². The third kappa shape index (κ3) is 4.28. The Balaban J connectivity index is 1.71. The highest BCUT2D eigenvalue weighted by Crippen LogP contribution is 2.31. The van der Waals surface area contributed by atoms with Crippen molar-refractivity contribution in [2.45, 2.75) is 24.0 Å². The number of carbonyl (C=O) groups is 1. The molecule has 1 fully saturated rings. The maximum atomic E-state index is 12.7. The van der Waals surface area contributed by atoms with Crippen LogP contribution in [-0.2, 0) is 14.8 Å². The molecule has 1 amide bonds. The van der Waals surface area contributed by atoms with Gasteiger partial charge in [0.1, 0.15) is 10.0 Å². The molecule has 1 atom stereocenters. The summed E-state index contributed by atoms with van der Waals surface area (Å²) in [6.07, 6.45) is 1.32. The number of thiophene rings is 1. The molecule has 134 valence electrons. The van der Waals surface area contributed by atoms with Crippen molar-refractivity contribution in [3.8, 4) is 0 Å². The summed E-state index contributed by atoms with van der Waals surface area (Å²) in [7, 11) is -3.56. The average Bonchev–Trinajstić information content (AvgIpc) is 3.02. The highest BCUT2D eigenvalue weighted by Gasteiger charge is 2.34. The van der Waals surface area contributed by atoms with E-state index in [1.807, 2.05) is 19.1 Å². The monoisotopic (exact) mass is 443 g/mol. The van der Waals surface area contributed by atoms with Gasteiger partial charge in [0.05, 0.1) is 9.70 Å². The second kappa shape index (κ2) is 7.53. The van der Waals surface area contributed by atoms with Gasteiger partial charge in [0.25, 0.3) is 10.0 Å². The van der Waals surface area contributed by atoms with Gasteiger partial charge >= 0.3 is 0 Å². The molecule has 0 radical (unpaired) electrons. The minimum absolute atomic E-state index is 0.189. The molecule has 1 unspecified atom stereocenters. The zero-order valence-electron chi connectivity index (χ0n) is 13.6. The van der Waals surface area contributed by atoms with Crippen molar-refractivity contribution in [3.05, 3.63) is 39.8 Å². The van der Waals surface area contributed by atoms with E-state index in [1.54, 1.807) is 18.2 Å². The summed E-state index contributed by atoms with van der Waals surface area (Å²) in [6, 6.07) is 8.71. The third-order valence-corrected chi connectivity index (χ3v) is 7.99. The Morgan fingerprint density at radius 2 is 2.16 bits per heavy atom. The number of hydrogen-bond donors (Lipinski definition) is 1. The molecule has 0 aliphatic carbocycles. The number of rotatable bonds is 4. The van der Waals surface area contributed by atoms with Gasteiger partial charge in [-0.2, -0.15) is 4.31 Å². The predicted octanol–water partition coefficient (Wildman–Crippen LogP) is 3.25. The molecule has 0 saturated carbocycles. The van der Waals surface area contributed by atoms with Crippen LogP contribution in [0.4, 0.5) is 5.82 Å². The topological polar surface area (TPSA) is 79.4 Å². The minimum Gasteiger partial charge on any atom is -0.310 e. The number of anilines is 1. The lowest BCUT2D eigenvalue weighted by molar-refractivity contribution is -0.120. The molecule has 0 aromatic carbocycles. The number of sulfonamides is 1. The van der Waals surface area contributed by atoms with E-state index in [1.165, 1.54) is 15.6 Å². The molecule has 25 heavy (non-hydrogen) atoms. The largest absolute Gasteiger partial charge is 0.310 e. The van der Waals surface area contributed by atoms with E-state index < -0.39 is 10.0 Å². The van der Waals surface area contributed by atoms with E-state index in [4.69, 9.17) is 0 Å². The van der Waals surface area contributed by atoms with Crippen LogP contribution in [0.1, 0.15) is 18.5 Å². The van der Waals surface area contributed by atoms with Crippen LogP contribution in [0, 0.1) is 12.8 Å². The van der Waals surface area contributed by atoms with Crippen molar-refractivity contribution >= 4 is 49.0 Å². The number of aromatic nitrogens is 1. The molecule has 2 aromatic heterocycles. The number of amides is 1. The Hall–Kier alpha value is -1.29. The van der Waals surface area contributed by atoms with Gasteiger partial charge in [0, 0.05) is 18.8 Å². The smallest absolute Gasteiger partial charge is 0.252 e. The van der Waals surface area contributed by atoms with Crippen LogP contribution in [0.25, 0.3) is 0 Å². The molecule has 1 saturated heterocycles. The number of nitrogens with one attached hydrogen (secondary N) is 1. The van der Waals surface area contributed by atoms with Crippen molar-refractivity contribution < 1.29 is 13.2 Å². The summed E-state index contributed by atoms with van der Waals surface area (Å²) >= 11 is 4.47. The number of aryl methyl sites for hydroxylation is 1. The summed E-state index contributed by atoms with van der Waals surface area (Å²) in [5.41, 5.74) is 0.814. The van der Waals surface area contributed by atoms with Crippen LogP contribution in [-0.4, -0.2) is 36.7 Å². The van der Waals surface area contributed by atoms with Crippen LogP contribution in [0.15, 0.2) is 38.3 Å². The molecule has 1 aliphatic rings. The SMILES string of the molecule is Cc1cccc(NC(=O)C2CCCN(S(=O)(=O)c3ccc(Br)s3)C2)n1. The zero-order chi connectivity index (χ0) is 18.0. The van der Waals surface area contributed by atoms with E-state index in [2.05, 4.69) is 26.2 Å². The number of halogens is 1. The number of pyridine rings is 1. The first-order valence-corrected chi connectivity index (χ1v) is 10.9. The van der Waals surface area contributed by atoms with E-state index in [0.717, 1.165) is 9.48 Å². The summed E-state index contributed by atoms with van der Waals surface area (Å²) in [4.78, 5) is 16.8. The second-order valence-electron chi connectivity index (χ2n) is 5.91. The van der Waals surface area contributed by atoms with Crippen LogP contribution in [0.2, 0.25) is 0 Å².